The summed E-state index contributed by atoms with van der Waals surface area (Å²) in [7, 11) is 0. The number of aromatic nitrogens is 2. The molecular formula is C21H24BrN5O2. The van der Waals surface area contributed by atoms with Gasteiger partial charge in [0.25, 0.3) is 0 Å². The number of carbonyl (C=O) groups is 1. The third kappa shape index (κ3) is 4.89. The average Bonchev–Trinajstić information content (AvgIpc) is 2.97. The molecule has 3 aromatic rings. The van der Waals surface area contributed by atoms with Crippen molar-refractivity contribution in [2.24, 2.45) is 10.2 Å². The van der Waals surface area contributed by atoms with Crippen molar-refractivity contribution in [3.63, 3.8) is 0 Å². The Labute approximate surface area is 178 Å². The molecule has 0 saturated carbocycles. The topological polar surface area (TPSA) is 83.1 Å². The third-order valence-corrected chi connectivity index (χ3v) is 5.01. The highest BCUT2D eigenvalue weighted by atomic mass is 79.9. The summed E-state index contributed by atoms with van der Waals surface area (Å²) in [4.78, 5) is 18.5. The number of benzene rings is 1. The Bertz CT molecular complexity index is 1010. The summed E-state index contributed by atoms with van der Waals surface area (Å²) in [5, 5.41) is 19.5. The maximum atomic E-state index is 12.3. The molecule has 0 fully saturated rings. The Balaban J connectivity index is 2.00. The molecule has 2 heterocycles. The van der Waals surface area contributed by atoms with E-state index in [0.29, 0.717) is 6.67 Å². The SMILES string of the molecule is CCCN(CCC)Cn1c(O)c(N=NC(=O)c2ccccn2)c2cc(Br)ccc21. The summed E-state index contributed by atoms with van der Waals surface area (Å²) in [6.07, 6.45) is 3.58. The number of rotatable bonds is 8. The van der Waals surface area contributed by atoms with Crippen LogP contribution >= 0.6 is 15.9 Å². The van der Waals surface area contributed by atoms with Crippen LogP contribution in [0.5, 0.6) is 5.88 Å². The van der Waals surface area contributed by atoms with Crippen LogP contribution in [0.15, 0.2) is 57.3 Å². The van der Waals surface area contributed by atoms with Crippen molar-refractivity contribution in [1.82, 2.24) is 14.5 Å². The summed E-state index contributed by atoms with van der Waals surface area (Å²) in [5.41, 5.74) is 1.32. The molecule has 0 unspecified atom stereocenters. The first-order valence-electron chi connectivity index (χ1n) is 9.65. The van der Waals surface area contributed by atoms with Crippen molar-refractivity contribution < 1.29 is 9.90 Å². The molecule has 152 valence electrons. The van der Waals surface area contributed by atoms with Crippen LogP contribution in [-0.2, 0) is 6.67 Å². The summed E-state index contributed by atoms with van der Waals surface area (Å²) in [5.74, 6) is -0.563. The highest BCUT2D eigenvalue weighted by molar-refractivity contribution is 9.10. The van der Waals surface area contributed by atoms with Gasteiger partial charge in [-0.25, -0.2) is 0 Å². The zero-order valence-electron chi connectivity index (χ0n) is 16.5. The molecule has 0 aliphatic heterocycles. The number of nitrogens with zero attached hydrogens (tertiary/aromatic N) is 5. The molecule has 0 aliphatic carbocycles. The smallest absolute Gasteiger partial charge is 0.313 e. The van der Waals surface area contributed by atoms with Crippen LogP contribution in [0.1, 0.15) is 37.2 Å². The van der Waals surface area contributed by atoms with Crippen molar-refractivity contribution >= 4 is 38.4 Å². The van der Waals surface area contributed by atoms with E-state index >= 15 is 0 Å². The Morgan fingerprint density at radius 3 is 2.62 bits per heavy atom. The van der Waals surface area contributed by atoms with E-state index in [9.17, 15) is 9.90 Å². The maximum Gasteiger partial charge on any atom is 0.313 e. The largest absolute Gasteiger partial charge is 0.493 e. The van der Waals surface area contributed by atoms with E-state index in [-0.39, 0.29) is 17.3 Å². The standard InChI is InChI=1S/C21H24BrN5O2/c1-3-11-26(12-4-2)14-27-18-9-8-15(22)13-16(18)19(21(27)29)24-25-20(28)17-7-5-6-10-23-17/h5-10,13,29H,3-4,11-12,14H2,1-2H3. The normalized spacial score (nSPS) is 11.7. The summed E-state index contributed by atoms with van der Waals surface area (Å²) < 4.78 is 2.67. The van der Waals surface area contributed by atoms with Gasteiger partial charge in [-0.1, -0.05) is 35.8 Å². The highest BCUT2D eigenvalue weighted by Gasteiger charge is 2.19. The lowest BCUT2D eigenvalue weighted by Gasteiger charge is -2.22. The van der Waals surface area contributed by atoms with Gasteiger partial charge in [-0.3, -0.25) is 19.2 Å². The third-order valence-electron chi connectivity index (χ3n) is 4.52. The first kappa shape index (κ1) is 21.1. The molecule has 1 amide bonds. The maximum absolute atomic E-state index is 12.3. The summed E-state index contributed by atoms with van der Waals surface area (Å²) >= 11 is 3.47. The van der Waals surface area contributed by atoms with Crippen LogP contribution in [0.4, 0.5) is 5.69 Å². The molecule has 8 heteroatoms. The van der Waals surface area contributed by atoms with Crippen LogP contribution < -0.4 is 0 Å². The molecule has 1 N–H and O–H groups in total. The number of hydrogen-bond donors (Lipinski definition) is 1. The van der Waals surface area contributed by atoms with Gasteiger partial charge in [0, 0.05) is 16.1 Å². The lowest BCUT2D eigenvalue weighted by atomic mass is 10.2. The molecule has 0 bridgehead atoms. The fourth-order valence-electron chi connectivity index (χ4n) is 3.26. The average molecular weight is 458 g/mol. The molecule has 29 heavy (non-hydrogen) atoms. The van der Waals surface area contributed by atoms with E-state index in [2.05, 4.69) is 49.9 Å². The van der Waals surface area contributed by atoms with Crippen LogP contribution in [0.25, 0.3) is 10.9 Å². The van der Waals surface area contributed by atoms with Gasteiger partial charge in [0.1, 0.15) is 5.69 Å². The van der Waals surface area contributed by atoms with Gasteiger partial charge in [0.2, 0.25) is 5.88 Å². The van der Waals surface area contributed by atoms with Gasteiger partial charge >= 0.3 is 5.91 Å². The van der Waals surface area contributed by atoms with Gasteiger partial charge in [-0.2, -0.15) is 0 Å². The Morgan fingerprint density at radius 2 is 1.97 bits per heavy atom. The molecule has 0 saturated heterocycles. The number of aromatic hydroxyl groups is 1. The summed E-state index contributed by atoms with van der Waals surface area (Å²) in [6, 6.07) is 10.7. The van der Waals surface area contributed by atoms with E-state index < -0.39 is 5.91 Å². The second-order valence-corrected chi connectivity index (χ2v) is 7.66. The molecule has 3 rings (SSSR count). The minimum Gasteiger partial charge on any atom is -0.493 e. The summed E-state index contributed by atoms with van der Waals surface area (Å²) in [6.45, 7) is 6.67. The molecule has 1 aromatic carbocycles. The Hall–Kier alpha value is -2.58. The minimum atomic E-state index is -0.556. The van der Waals surface area contributed by atoms with Crippen molar-refractivity contribution in [2.75, 3.05) is 13.1 Å². The van der Waals surface area contributed by atoms with E-state index in [1.165, 1.54) is 6.20 Å². The van der Waals surface area contributed by atoms with Crippen molar-refractivity contribution in [3.05, 3.63) is 52.8 Å². The van der Waals surface area contributed by atoms with Gasteiger partial charge in [-0.15, -0.1) is 10.2 Å². The molecular weight excluding hydrogens is 434 g/mol. The fraction of sp³-hybridized carbons (Fsp3) is 0.333. The van der Waals surface area contributed by atoms with Gasteiger partial charge in [-0.05, 0) is 56.3 Å². The Morgan fingerprint density at radius 1 is 1.21 bits per heavy atom. The molecule has 0 atom stereocenters. The number of azo groups is 1. The molecule has 7 nitrogen and oxygen atoms in total. The second kappa shape index (κ2) is 9.76. The van der Waals surface area contributed by atoms with Crippen LogP contribution in [0.2, 0.25) is 0 Å². The number of amides is 1. The first-order valence-corrected chi connectivity index (χ1v) is 10.4. The second-order valence-electron chi connectivity index (χ2n) is 6.74. The van der Waals surface area contributed by atoms with E-state index in [1.54, 1.807) is 18.2 Å². The minimum absolute atomic E-state index is 0.00660. The molecule has 0 aliphatic rings. The van der Waals surface area contributed by atoms with Gasteiger partial charge in [0.15, 0.2) is 5.69 Å². The van der Waals surface area contributed by atoms with Crippen LogP contribution in [-0.4, -0.2) is 38.6 Å². The van der Waals surface area contributed by atoms with E-state index in [0.717, 1.165) is 41.3 Å². The van der Waals surface area contributed by atoms with Gasteiger partial charge < -0.3 is 5.11 Å². The monoisotopic (exact) mass is 457 g/mol. The van der Waals surface area contributed by atoms with Crippen LogP contribution in [0.3, 0.4) is 0 Å². The lowest BCUT2D eigenvalue weighted by molar-refractivity contribution is 0.0990. The number of pyridine rings is 1. The number of carbonyl (C=O) groups excluding carboxylic acids is 1. The van der Waals surface area contributed by atoms with Crippen molar-refractivity contribution in [3.8, 4) is 5.88 Å². The molecule has 2 aromatic heterocycles. The predicted molar refractivity (Wildman–Crippen MR) is 117 cm³/mol. The fourth-order valence-corrected chi connectivity index (χ4v) is 3.62. The first-order chi connectivity index (χ1) is 14.0. The van der Waals surface area contributed by atoms with E-state index in [1.807, 2.05) is 22.8 Å². The number of hydrogen-bond acceptors (Lipinski definition) is 5. The van der Waals surface area contributed by atoms with Crippen molar-refractivity contribution in [1.29, 1.82) is 0 Å². The predicted octanol–water partition coefficient (Wildman–Crippen LogP) is 5.51. The van der Waals surface area contributed by atoms with E-state index in [4.69, 9.17) is 0 Å². The van der Waals surface area contributed by atoms with Crippen LogP contribution in [0, 0.1) is 0 Å². The number of fused-ring (bicyclic) bond motifs is 1. The zero-order valence-corrected chi connectivity index (χ0v) is 18.1. The molecule has 0 spiro atoms. The van der Waals surface area contributed by atoms with Crippen molar-refractivity contribution in [2.45, 2.75) is 33.4 Å². The Kier molecular flexibility index (Phi) is 7.11. The lowest BCUT2D eigenvalue weighted by Crippen LogP contribution is -2.27. The zero-order chi connectivity index (χ0) is 20.8. The number of halogens is 1. The quantitative estimate of drug-likeness (QED) is 0.452. The molecule has 0 radical (unpaired) electrons. The highest BCUT2D eigenvalue weighted by Crippen LogP contribution is 2.40. The van der Waals surface area contributed by atoms with Gasteiger partial charge in [0.05, 0.1) is 12.2 Å².